The molecule has 0 amide bonds. The highest BCUT2D eigenvalue weighted by Crippen LogP contribution is 2.38. The fourth-order valence-corrected chi connectivity index (χ4v) is 2.27. The van der Waals surface area contributed by atoms with E-state index in [-0.39, 0.29) is 4.87 Å². The van der Waals surface area contributed by atoms with Gasteiger partial charge in [0.2, 0.25) is 0 Å². The van der Waals surface area contributed by atoms with Crippen LogP contribution in [0.4, 0.5) is 0 Å². The van der Waals surface area contributed by atoms with Crippen LogP contribution >= 0.6 is 12.6 Å². The molecule has 0 bridgehead atoms. The molecule has 1 heterocycles. The van der Waals surface area contributed by atoms with Crippen molar-refractivity contribution in [2.24, 2.45) is 0 Å². The van der Waals surface area contributed by atoms with Crippen molar-refractivity contribution in [2.75, 3.05) is 7.05 Å². The first-order valence-corrected chi connectivity index (χ1v) is 4.77. The molecular weight excluding hydrogens is 154 g/mol. The minimum atomic E-state index is 0.0990. The van der Waals surface area contributed by atoms with Gasteiger partial charge in [0.05, 0.1) is 4.87 Å². The second-order valence-corrected chi connectivity index (χ2v) is 5.41. The molecule has 1 saturated heterocycles. The molecule has 0 N–H and O–H groups in total. The van der Waals surface area contributed by atoms with Crippen LogP contribution in [0.5, 0.6) is 0 Å². The molecule has 0 aromatic heterocycles. The Bertz CT molecular complexity index is 136. The zero-order chi connectivity index (χ0) is 8.70. The molecule has 1 aliphatic heterocycles. The Balaban J connectivity index is 2.76. The Morgan fingerprint density at radius 1 is 1.18 bits per heavy atom. The van der Waals surface area contributed by atoms with E-state index in [1.807, 2.05) is 0 Å². The van der Waals surface area contributed by atoms with Crippen molar-refractivity contribution in [1.29, 1.82) is 0 Å². The van der Waals surface area contributed by atoms with Crippen molar-refractivity contribution >= 4 is 12.6 Å². The number of rotatable bonds is 0. The molecule has 0 aromatic carbocycles. The van der Waals surface area contributed by atoms with E-state index in [0.29, 0.717) is 5.54 Å². The van der Waals surface area contributed by atoms with Crippen LogP contribution in [-0.2, 0) is 0 Å². The molecular formula is C9H19NS. The molecule has 1 unspecified atom stereocenters. The Morgan fingerprint density at radius 3 is 2.09 bits per heavy atom. The van der Waals surface area contributed by atoms with Crippen LogP contribution in [0.1, 0.15) is 40.0 Å². The third kappa shape index (κ3) is 1.73. The molecule has 66 valence electrons. The summed E-state index contributed by atoms with van der Waals surface area (Å²) in [6.45, 7) is 6.79. The molecule has 2 heteroatoms. The van der Waals surface area contributed by atoms with E-state index in [4.69, 9.17) is 0 Å². The molecule has 1 nitrogen and oxygen atoms in total. The second-order valence-electron chi connectivity index (χ2n) is 4.44. The highest BCUT2D eigenvalue weighted by Gasteiger charge is 2.38. The van der Waals surface area contributed by atoms with Crippen molar-refractivity contribution in [2.45, 2.75) is 50.4 Å². The third-order valence-electron chi connectivity index (χ3n) is 3.07. The van der Waals surface area contributed by atoms with Crippen molar-refractivity contribution in [3.8, 4) is 0 Å². The summed E-state index contributed by atoms with van der Waals surface area (Å²) in [6, 6.07) is 0. The summed E-state index contributed by atoms with van der Waals surface area (Å²) in [4.78, 5) is 2.48. The molecule has 11 heavy (non-hydrogen) atoms. The van der Waals surface area contributed by atoms with Gasteiger partial charge in [-0.25, -0.2) is 0 Å². The average Bonchev–Trinajstić information content (AvgIpc) is 1.82. The molecule has 1 rings (SSSR count). The summed E-state index contributed by atoms with van der Waals surface area (Å²) >= 11 is 4.65. The number of thiol groups is 1. The van der Waals surface area contributed by atoms with Crippen LogP contribution in [0, 0.1) is 0 Å². The third-order valence-corrected chi connectivity index (χ3v) is 3.59. The lowest BCUT2D eigenvalue weighted by Gasteiger charge is -2.50. The van der Waals surface area contributed by atoms with Crippen LogP contribution in [0.3, 0.4) is 0 Å². The fraction of sp³-hybridized carbons (Fsp3) is 1.00. The summed E-state index contributed by atoms with van der Waals surface area (Å²) in [6.07, 6.45) is 3.80. The Kier molecular flexibility index (Phi) is 2.28. The first kappa shape index (κ1) is 9.40. The predicted molar refractivity (Wildman–Crippen MR) is 53.1 cm³/mol. The largest absolute Gasteiger partial charge is 0.287 e. The van der Waals surface area contributed by atoms with E-state index in [1.54, 1.807) is 0 Å². The maximum Gasteiger partial charge on any atom is 0.0613 e. The van der Waals surface area contributed by atoms with E-state index < -0.39 is 0 Å². The van der Waals surface area contributed by atoms with Gasteiger partial charge >= 0.3 is 0 Å². The Labute approximate surface area is 75.6 Å². The van der Waals surface area contributed by atoms with Gasteiger partial charge in [-0.1, -0.05) is 0 Å². The van der Waals surface area contributed by atoms with Gasteiger partial charge in [-0.05, 0) is 47.1 Å². The number of hydrogen-bond acceptors (Lipinski definition) is 2. The Morgan fingerprint density at radius 2 is 1.73 bits per heavy atom. The summed E-state index contributed by atoms with van der Waals surface area (Å²) in [5.41, 5.74) is 0.328. The molecule has 1 aliphatic rings. The summed E-state index contributed by atoms with van der Waals surface area (Å²) in [5.74, 6) is 0. The van der Waals surface area contributed by atoms with Crippen LogP contribution in [-0.4, -0.2) is 22.4 Å². The summed E-state index contributed by atoms with van der Waals surface area (Å²) < 4.78 is 0. The van der Waals surface area contributed by atoms with Gasteiger partial charge in [-0.2, -0.15) is 12.6 Å². The van der Waals surface area contributed by atoms with Crippen LogP contribution < -0.4 is 0 Å². The SMILES string of the molecule is CN1C(C)(C)CCCC1(C)S. The van der Waals surface area contributed by atoms with E-state index in [9.17, 15) is 0 Å². The lowest BCUT2D eigenvalue weighted by atomic mass is 9.87. The predicted octanol–water partition coefficient (Wildman–Crippen LogP) is 2.53. The fourth-order valence-electron chi connectivity index (χ4n) is 1.84. The van der Waals surface area contributed by atoms with E-state index >= 15 is 0 Å². The summed E-state index contributed by atoms with van der Waals surface area (Å²) in [7, 11) is 2.17. The van der Waals surface area contributed by atoms with Gasteiger partial charge in [-0.15, -0.1) is 0 Å². The first-order chi connectivity index (χ1) is 4.86. The minimum absolute atomic E-state index is 0.0990. The van der Waals surface area contributed by atoms with Crippen molar-refractivity contribution in [3.05, 3.63) is 0 Å². The van der Waals surface area contributed by atoms with E-state index in [2.05, 4.69) is 45.3 Å². The topological polar surface area (TPSA) is 3.24 Å². The standard InChI is InChI=1S/C9H19NS/c1-8(2)6-5-7-9(3,11)10(8)4/h11H,5-7H2,1-4H3. The molecule has 0 aromatic rings. The highest BCUT2D eigenvalue weighted by atomic mass is 32.1. The van der Waals surface area contributed by atoms with Crippen LogP contribution in [0.25, 0.3) is 0 Å². The summed E-state index contributed by atoms with van der Waals surface area (Å²) in [5, 5.41) is 0. The van der Waals surface area contributed by atoms with Crippen molar-refractivity contribution < 1.29 is 0 Å². The molecule has 0 radical (unpaired) electrons. The molecule has 0 spiro atoms. The molecule has 1 fully saturated rings. The number of hydrogen-bond donors (Lipinski definition) is 1. The number of nitrogens with zero attached hydrogens (tertiary/aromatic N) is 1. The monoisotopic (exact) mass is 173 g/mol. The maximum atomic E-state index is 4.65. The minimum Gasteiger partial charge on any atom is -0.287 e. The van der Waals surface area contributed by atoms with E-state index in [1.165, 1.54) is 19.3 Å². The molecule has 0 saturated carbocycles. The number of piperidine rings is 1. The lowest BCUT2D eigenvalue weighted by molar-refractivity contribution is 0.0416. The molecule has 0 aliphatic carbocycles. The van der Waals surface area contributed by atoms with Gasteiger partial charge in [0, 0.05) is 5.54 Å². The first-order valence-electron chi connectivity index (χ1n) is 4.33. The van der Waals surface area contributed by atoms with Gasteiger partial charge in [-0.3, -0.25) is 4.90 Å². The normalized spacial score (nSPS) is 39.0. The highest BCUT2D eigenvalue weighted by molar-refractivity contribution is 7.81. The average molecular weight is 173 g/mol. The van der Waals surface area contributed by atoms with E-state index in [0.717, 1.165) is 0 Å². The van der Waals surface area contributed by atoms with Gasteiger partial charge in [0.25, 0.3) is 0 Å². The Hall–Kier alpha value is 0.310. The van der Waals surface area contributed by atoms with Gasteiger partial charge < -0.3 is 0 Å². The zero-order valence-corrected chi connectivity index (χ0v) is 8.91. The second kappa shape index (κ2) is 2.67. The smallest absolute Gasteiger partial charge is 0.0613 e. The quantitative estimate of drug-likeness (QED) is 0.551. The van der Waals surface area contributed by atoms with Crippen molar-refractivity contribution in [3.63, 3.8) is 0 Å². The van der Waals surface area contributed by atoms with Crippen LogP contribution in [0.2, 0.25) is 0 Å². The molecule has 1 atom stereocenters. The maximum absolute atomic E-state index is 4.65. The van der Waals surface area contributed by atoms with Crippen LogP contribution in [0.15, 0.2) is 0 Å². The zero-order valence-electron chi connectivity index (χ0n) is 8.02. The van der Waals surface area contributed by atoms with Gasteiger partial charge in [0.1, 0.15) is 0 Å². The lowest BCUT2D eigenvalue weighted by Crippen LogP contribution is -2.54. The van der Waals surface area contributed by atoms with Gasteiger partial charge in [0.15, 0.2) is 0 Å². The number of likely N-dealkylation sites (tertiary alicyclic amines) is 1. The van der Waals surface area contributed by atoms with Crippen molar-refractivity contribution in [1.82, 2.24) is 4.90 Å².